The van der Waals surface area contributed by atoms with Gasteiger partial charge in [0, 0.05) is 0 Å². The Balaban J connectivity index is 2.23. The molecule has 0 saturated heterocycles. The van der Waals surface area contributed by atoms with Crippen molar-refractivity contribution < 1.29 is 0 Å². The zero-order valence-electron chi connectivity index (χ0n) is 7.85. The summed E-state index contributed by atoms with van der Waals surface area (Å²) in [6, 6.07) is 0. The summed E-state index contributed by atoms with van der Waals surface area (Å²) in [7, 11) is 0. The Labute approximate surface area is 69.7 Å². The van der Waals surface area contributed by atoms with Crippen molar-refractivity contribution in [2.24, 2.45) is 17.3 Å². The van der Waals surface area contributed by atoms with Crippen molar-refractivity contribution in [3.8, 4) is 0 Å². The largest absolute Gasteiger partial charge is 0.0847 e. The molecule has 3 rings (SSSR count). The fraction of sp³-hybridized carbons (Fsp3) is 0.818. The van der Waals surface area contributed by atoms with Crippen LogP contribution in [0.3, 0.4) is 0 Å². The highest BCUT2D eigenvalue weighted by molar-refractivity contribution is 5.22. The molecule has 2 atom stereocenters. The average molecular weight is 150 g/mol. The van der Waals surface area contributed by atoms with Gasteiger partial charge in [0.2, 0.25) is 0 Å². The van der Waals surface area contributed by atoms with Gasteiger partial charge in [-0.2, -0.15) is 0 Å². The Morgan fingerprint density at radius 3 is 2.64 bits per heavy atom. The SMILES string of the molecule is CCC1=CC[C@@H]2C[C@H]1C2(C)C. The lowest BCUT2D eigenvalue weighted by Crippen LogP contribution is -2.47. The second-order valence-corrected chi connectivity index (χ2v) is 4.67. The Kier molecular flexibility index (Phi) is 1.42. The third-order valence-corrected chi connectivity index (χ3v) is 3.99. The van der Waals surface area contributed by atoms with Crippen molar-refractivity contribution in [3.63, 3.8) is 0 Å². The lowest BCUT2D eigenvalue weighted by Gasteiger charge is -2.56. The molecule has 1 saturated carbocycles. The monoisotopic (exact) mass is 150 g/mol. The second kappa shape index (κ2) is 2.12. The van der Waals surface area contributed by atoms with Crippen LogP contribution in [0.15, 0.2) is 11.6 Å². The van der Waals surface area contributed by atoms with Gasteiger partial charge in [-0.05, 0) is 36.5 Å². The van der Waals surface area contributed by atoms with E-state index in [2.05, 4.69) is 26.8 Å². The molecule has 0 radical (unpaired) electrons. The summed E-state index contributed by atoms with van der Waals surface area (Å²) in [5, 5.41) is 0. The summed E-state index contributed by atoms with van der Waals surface area (Å²) >= 11 is 0. The summed E-state index contributed by atoms with van der Waals surface area (Å²) < 4.78 is 0. The van der Waals surface area contributed by atoms with E-state index in [-0.39, 0.29) is 0 Å². The van der Waals surface area contributed by atoms with Gasteiger partial charge in [0.05, 0.1) is 0 Å². The molecule has 1 fully saturated rings. The van der Waals surface area contributed by atoms with E-state index < -0.39 is 0 Å². The highest BCUT2D eigenvalue weighted by Crippen LogP contribution is 2.59. The van der Waals surface area contributed by atoms with Crippen molar-refractivity contribution in [1.82, 2.24) is 0 Å². The number of rotatable bonds is 1. The lowest BCUT2D eigenvalue weighted by atomic mass is 9.48. The van der Waals surface area contributed by atoms with Gasteiger partial charge in [0.1, 0.15) is 0 Å². The molecular formula is C11H18. The summed E-state index contributed by atoms with van der Waals surface area (Å²) in [5.41, 5.74) is 2.37. The quantitative estimate of drug-likeness (QED) is 0.503. The van der Waals surface area contributed by atoms with E-state index in [1.165, 1.54) is 19.3 Å². The third kappa shape index (κ3) is 0.816. The first-order valence-electron chi connectivity index (χ1n) is 4.85. The maximum absolute atomic E-state index is 2.49. The molecule has 0 aromatic heterocycles. The maximum Gasteiger partial charge on any atom is -0.0146 e. The molecule has 0 nitrogen and oxygen atoms in total. The van der Waals surface area contributed by atoms with Crippen molar-refractivity contribution >= 4 is 0 Å². The Morgan fingerprint density at radius 1 is 1.55 bits per heavy atom. The predicted octanol–water partition coefficient (Wildman–Crippen LogP) is 3.39. The Morgan fingerprint density at radius 2 is 2.27 bits per heavy atom. The molecule has 62 valence electrons. The number of hydrogen-bond acceptors (Lipinski definition) is 0. The Hall–Kier alpha value is -0.260. The van der Waals surface area contributed by atoms with Crippen LogP contribution in [0.25, 0.3) is 0 Å². The smallest absolute Gasteiger partial charge is 0.0146 e. The van der Waals surface area contributed by atoms with Crippen LogP contribution >= 0.6 is 0 Å². The van der Waals surface area contributed by atoms with Gasteiger partial charge in [0.25, 0.3) is 0 Å². The number of allylic oxidation sites excluding steroid dienone is 2. The van der Waals surface area contributed by atoms with Crippen molar-refractivity contribution in [1.29, 1.82) is 0 Å². The molecule has 11 heavy (non-hydrogen) atoms. The molecule has 0 N–H and O–H groups in total. The van der Waals surface area contributed by atoms with Gasteiger partial charge >= 0.3 is 0 Å². The van der Waals surface area contributed by atoms with E-state index in [4.69, 9.17) is 0 Å². The number of fused-ring (bicyclic) bond motifs is 1. The molecule has 2 bridgehead atoms. The molecule has 3 aliphatic carbocycles. The molecule has 3 aliphatic rings. The molecule has 0 aromatic rings. The molecular weight excluding hydrogens is 132 g/mol. The lowest BCUT2D eigenvalue weighted by molar-refractivity contribution is -0.00777. The van der Waals surface area contributed by atoms with Crippen LogP contribution < -0.4 is 0 Å². The maximum atomic E-state index is 2.49. The van der Waals surface area contributed by atoms with Gasteiger partial charge in [-0.15, -0.1) is 0 Å². The first-order valence-corrected chi connectivity index (χ1v) is 4.85. The van der Waals surface area contributed by atoms with Crippen LogP contribution in [0, 0.1) is 17.3 Å². The summed E-state index contributed by atoms with van der Waals surface area (Å²) in [6.07, 6.45) is 6.60. The molecule has 0 unspecified atom stereocenters. The normalized spacial score (nSPS) is 39.4. The van der Waals surface area contributed by atoms with Gasteiger partial charge in [0.15, 0.2) is 0 Å². The minimum absolute atomic E-state index is 0.639. The van der Waals surface area contributed by atoms with E-state index in [0.29, 0.717) is 5.41 Å². The first kappa shape index (κ1) is 7.39. The van der Waals surface area contributed by atoms with Crippen LogP contribution in [0.5, 0.6) is 0 Å². The van der Waals surface area contributed by atoms with Crippen LogP contribution in [0.2, 0.25) is 0 Å². The first-order chi connectivity index (χ1) is 5.16. The Bertz CT molecular complexity index is 198. The zero-order valence-corrected chi connectivity index (χ0v) is 7.85. The topological polar surface area (TPSA) is 0 Å². The molecule has 0 aliphatic heterocycles. The fourth-order valence-electron chi connectivity index (χ4n) is 2.87. The van der Waals surface area contributed by atoms with E-state index in [9.17, 15) is 0 Å². The van der Waals surface area contributed by atoms with E-state index >= 15 is 0 Å². The predicted molar refractivity (Wildman–Crippen MR) is 48.4 cm³/mol. The molecule has 0 aromatic carbocycles. The molecule has 0 amide bonds. The van der Waals surface area contributed by atoms with Crippen LogP contribution in [-0.2, 0) is 0 Å². The van der Waals surface area contributed by atoms with Gasteiger partial charge in [-0.3, -0.25) is 0 Å². The second-order valence-electron chi connectivity index (χ2n) is 4.67. The number of hydrogen-bond donors (Lipinski definition) is 0. The van der Waals surface area contributed by atoms with E-state index in [0.717, 1.165) is 11.8 Å². The summed E-state index contributed by atoms with van der Waals surface area (Å²) in [5.74, 6) is 1.94. The van der Waals surface area contributed by atoms with E-state index in [1.54, 1.807) is 5.57 Å². The minimum Gasteiger partial charge on any atom is -0.0847 e. The highest BCUT2D eigenvalue weighted by atomic mass is 14.5. The van der Waals surface area contributed by atoms with Crippen LogP contribution in [0.1, 0.15) is 40.0 Å². The molecule has 0 heteroatoms. The standard InChI is InChI=1S/C11H18/c1-4-8-5-6-9-7-10(8)11(9,2)3/h5,9-10H,4,6-7H2,1-3H3/t9-,10-/m1/s1. The van der Waals surface area contributed by atoms with E-state index in [1.807, 2.05) is 0 Å². The fourth-order valence-corrected chi connectivity index (χ4v) is 2.87. The van der Waals surface area contributed by atoms with Crippen LogP contribution in [-0.4, -0.2) is 0 Å². The van der Waals surface area contributed by atoms with Crippen LogP contribution in [0.4, 0.5) is 0 Å². The molecule has 0 heterocycles. The third-order valence-electron chi connectivity index (χ3n) is 3.99. The van der Waals surface area contributed by atoms with Gasteiger partial charge in [-0.25, -0.2) is 0 Å². The van der Waals surface area contributed by atoms with Crippen molar-refractivity contribution in [3.05, 3.63) is 11.6 Å². The average Bonchev–Trinajstić information content (AvgIpc) is 2.04. The summed E-state index contributed by atoms with van der Waals surface area (Å²) in [4.78, 5) is 0. The van der Waals surface area contributed by atoms with Crippen molar-refractivity contribution in [2.45, 2.75) is 40.0 Å². The highest BCUT2D eigenvalue weighted by Gasteiger charge is 2.50. The summed E-state index contributed by atoms with van der Waals surface area (Å²) in [6.45, 7) is 7.17. The zero-order chi connectivity index (χ0) is 8.06. The minimum atomic E-state index is 0.639. The van der Waals surface area contributed by atoms with Gasteiger partial charge in [-0.1, -0.05) is 32.4 Å². The van der Waals surface area contributed by atoms with Crippen molar-refractivity contribution in [2.75, 3.05) is 0 Å². The molecule has 0 spiro atoms. The van der Waals surface area contributed by atoms with Gasteiger partial charge < -0.3 is 0 Å².